The molecular formula is C16H17NO4S. The van der Waals surface area contributed by atoms with Crippen molar-refractivity contribution in [3.63, 3.8) is 0 Å². The highest BCUT2D eigenvalue weighted by Crippen LogP contribution is 2.14. The minimum atomic E-state index is -3.66. The number of rotatable bonds is 6. The number of carbonyl (C=O) groups is 1. The van der Waals surface area contributed by atoms with Crippen molar-refractivity contribution in [3.8, 4) is 5.75 Å². The van der Waals surface area contributed by atoms with E-state index in [9.17, 15) is 13.2 Å². The number of hydrogen-bond acceptors (Lipinski definition) is 4. The van der Waals surface area contributed by atoms with Gasteiger partial charge in [-0.05, 0) is 36.8 Å². The molecule has 0 fully saturated rings. The number of Topliss-reactive ketones (excluding diaryl/α,β-unsaturated/α-hetero) is 1. The van der Waals surface area contributed by atoms with Crippen molar-refractivity contribution in [3.05, 3.63) is 59.7 Å². The van der Waals surface area contributed by atoms with E-state index < -0.39 is 10.0 Å². The van der Waals surface area contributed by atoms with Gasteiger partial charge in [0.05, 0.1) is 12.0 Å². The lowest BCUT2D eigenvalue weighted by Gasteiger charge is -2.08. The van der Waals surface area contributed by atoms with E-state index in [0.717, 1.165) is 5.56 Å². The van der Waals surface area contributed by atoms with E-state index in [1.54, 1.807) is 43.5 Å². The van der Waals surface area contributed by atoms with Crippen LogP contribution in [0.25, 0.3) is 0 Å². The molecule has 0 saturated heterocycles. The van der Waals surface area contributed by atoms with Crippen LogP contribution in [0.2, 0.25) is 0 Å². The Morgan fingerprint density at radius 2 is 1.82 bits per heavy atom. The summed E-state index contributed by atoms with van der Waals surface area (Å²) in [5, 5.41) is 0. The fourth-order valence-corrected chi connectivity index (χ4v) is 2.95. The third kappa shape index (κ3) is 3.93. The van der Waals surface area contributed by atoms with Crippen LogP contribution in [-0.2, 0) is 16.6 Å². The normalized spacial score (nSPS) is 11.2. The van der Waals surface area contributed by atoms with Crippen LogP contribution in [0.5, 0.6) is 5.75 Å². The van der Waals surface area contributed by atoms with Crippen LogP contribution in [0.3, 0.4) is 0 Å². The third-order valence-electron chi connectivity index (χ3n) is 3.18. The highest BCUT2D eigenvalue weighted by Gasteiger charge is 2.15. The van der Waals surface area contributed by atoms with Gasteiger partial charge in [-0.2, -0.15) is 0 Å². The monoisotopic (exact) mass is 319 g/mol. The number of methoxy groups -OCH3 is 1. The van der Waals surface area contributed by atoms with Gasteiger partial charge in [-0.25, -0.2) is 13.1 Å². The predicted molar refractivity (Wildman–Crippen MR) is 83.5 cm³/mol. The second-order valence-corrected chi connectivity index (χ2v) is 6.52. The highest BCUT2D eigenvalue weighted by atomic mass is 32.2. The van der Waals surface area contributed by atoms with Crippen LogP contribution < -0.4 is 9.46 Å². The first-order valence-corrected chi connectivity index (χ1v) is 8.14. The van der Waals surface area contributed by atoms with Gasteiger partial charge in [0.25, 0.3) is 0 Å². The number of sulfonamides is 1. The molecule has 0 aliphatic carbocycles. The maximum Gasteiger partial charge on any atom is 0.240 e. The van der Waals surface area contributed by atoms with E-state index >= 15 is 0 Å². The van der Waals surface area contributed by atoms with Gasteiger partial charge in [-0.3, -0.25) is 4.79 Å². The second-order valence-electron chi connectivity index (χ2n) is 4.76. The number of ketones is 1. The Hall–Kier alpha value is -2.18. The summed E-state index contributed by atoms with van der Waals surface area (Å²) in [4.78, 5) is 11.4. The van der Waals surface area contributed by atoms with Crippen LogP contribution in [0.15, 0.2) is 53.4 Å². The van der Waals surface area contributed by atoms with Crippen LogP contribution in [0.4, 0.5) is 0 Å². The molecule has 0 atom stereocenters. The zero-order valence-electron chi connectivity index (χ0n) is 12.4. The number of ether oxygens (including phenoxy) is 1. The lowest BCUT2D eigenvalue weighted by molar-refractivity contribution is 0.101. The molecule has 0 heterocycles. The second kappa shape index (κ2) is 6.72. The zero-order chi connectivity index (χ0) is 16.2. The lowest BCUT2D eigenvalue weighted by Crippen LogP contribution is -2.23. The smallest absolute Gasteiger partial charge is 0.240 e. The minimum Gasteiger partial charge on any atom is -0.497 e. The number of hydrogen-bond donors (Lipinski definition) is 1. The van der Waals surface area contributed by atoms with Gasteiger partial charge in [0, 0.05) is 12.1 Å². The van der Waals surface area contributed by atoms with Gasteiger partial charge < -0.3 is 4.74 Å². The van der Waals surface area contributed by atoms with Gasteiger partial charge in [0.15, 0.2) is 5.78 Å². The summed E-state index contributed by atoms with van der Waals surface area (Å²) in [5.41, 5.74) is 1.18. The van der Waals surface area contributed by atoms with Crippen molar-refractivity contribution in [2.24, 2.45) is 0 Å². The summed E-state index contributed by atoms with van der Waals surface area (Å²) < 4.78 is 32.1. The summed E-state index contributed by atoms with van der Waals surface area (Å²) in [7, 11) is -2.09. The van der Waals surface area contributed by atoms with E-state index in [1.165, 1.54) is 19.1 Å². The van der Waals surface area contributed by atoms with Gasteiger partial charge in [0.2, 0.25) is 10.0 Å². The van der Waals surface area contributed by atoms with Crippen LogP contribution in [0.1, 0.15) is 22.8 Å². The Morgan fingerprint density at radius 3 is 2.41 bits per heavy atom. The van der Waals surface area contributed by atoms with Crippen LogP contribution in [-0.4, -0.2) is 21.3 Å². The fourth-order valence-electron chi connectivity index (χ4n) is 1.89. The number of benzene rings is 2. The molecule has 5 nitrogen and oxygen atoms in total. The molecule has 1 N–H and O–H groups in total. The number of carbonyl (C=O) groups excluding carboxylic acids is 1. The molecule has 0 aliphatic heterocycles. The van der Waals surface area contributed by atoms with Gasteiger partial charge in [-0.15, -0.1) is 0 Å². The molecule has 2 aromatic rings. The Morgan fingerprint density at radius 1 is 1.14 bits per heavy atom. The molecule has 0 spiro atoms. The Kier molecular flexibility index (Phi) is 4.95. The average molecular weight is 319 g/mol. The first-order chi connectivity index (χ1) is 10.4. The third-order valence-corrected chi connectivity index (χ3v) is 4.58. The topological polar surface area (TPSA) is 72.5 Å². The van der Waals surface area contributed by atoms with E-state index in [1.807, 2.05) is 0 Å². The molecule has 0 amide bonds. The van der Waals surface area contributed by atoms with Gasteiger partial charge >= 0.3 is 0 Å². The van der Waals surface area contributed by atoms with Crippen molar-refractivity contribution in [2.75, 3.05) is 7.11 Å². The van der Waals surface area contributed by atoms with Gasteiger partial charge in [-0.1, -0.05) is 24.3 Å². The Balaban J connectivity index is 2.13. The van der Waals surface area contributed by atoms with Crippen molar-refractivity contribution in [1.29, 1.82) is 0 Å². The van der Waals surface area contributed by atoms with Crippen molar-refractivity contribution < 1.29 is 17.9 Å². The van der Waals surface area contributed by atoms with Gasteiger partial charge in [0.1, 0.15) is 5.75 Å². The maximum absolute atomic E-state index is 12.3. The molecule has 0 bridgehead atoms. The van der Waals surface area contributed by atoms with E-state index in [4.69, 9.17) is 4.74 Å². The Labute approximate surface area is 130 Å². The number of nitrogens with one attached hydrogen (secondary N) is 1. The average Bonchev–Trinajstić information content (AvgIpc) is 2.53. The first-order valence-electron chi connectivity index (χ1n) is 6.66. The van der Waals surface area contributed by atoms with Crippen LogP contribution >= 0.6 is 0 Å². The summed E-state index contributed by atoms with van der Waals surface area (Å²) >= 11 is 0. The summed E-state index contributed by atoms with van der Waals surface area (Å²) in [6, 6.07) is 13.1. The largest absolute Gasteiger partial charge is 0.497 e. The molecule has 22 heavy (non-hydrogen) atoms. The van der Waals surface area contributed by atoms with Crippen LogP contribution in [0, 0.1) is 0 Å². The standard InChI is InChI=1S/C16H17NO4S/c1-12(18)14-4-3-5-16(10-14)22(19,20)17-11-13-6-8-15(21-2)9-7-13/h3-10,17H,11H2,1-2H3. The van der Waals surface area contributed by atoms with E-state index in [-0.39, 0.29) is 17.2 Å². The Bertz CT molecular complexity index is 767. The van der Waals surface area contributed by atoms with Crippen molar-refractivity contribution >= 4 is 15.8 Å². The molecule has 116 valence electrons. The molecule has 2 aromatic carbocycles. The summed E-state index contributed by atoms with van der Waals surface area (Å²) in [5.74, 6) is 0.535. The summed E-state index contributed by atoms with van der Waals surface area (Å²) in [6.45, 7) is 1.56. The van der Waals surface area contributed by atoms with E-state index in [2.05, 4.69) is 4.72 Å². The van der Waals surface area contributed by atoms with E-state index in [0.29, 0.717) is 11.3 Å². The lowest BCUT2D eigenvalue weighted by atomic mass is 10.2. The molecule has 6 heteroatoms. The molecular weight excluding hydrogens is 302 g/mol. The quantitative estimate of drug-likeness (QED) is 0.830. The van der Waals surface area contributed by atoms with Crippen molar-refractivity contribution in [2.45, 2.75) is 18.4 Å². The first kappa shape index (κ1) is 16.2. The SMILES string of the molecule is COc1ccc(CNS(=O)(=O)c2cccc(C(C)=O)c2)cc1. The molecule has 0 unspecified atom stereocenters. The highest BCUT2D eigenvalue weighted by molar-refractivity contribution is 7.89. The molecule has 0 aliphatic rings. The molecule has 2 rings (SSSR count). The molecule has 0 saturated carbocycles. The minimum absolute atomic E-state index is 0.0775. The maximum atomic E-state index is 12.3. The molecule has 0 aromatic heterocycles. The zero-order valence-corrected chi connectivity index (χ0v) is 13.2. The fraction of sp³-hybridized carbons (Fsp3) is 0.188. The summed E-state index contributed by atoms with van der Waals surface area (Å²) in [6.07, 6.45) is 0. The molecule has 0 radical (unpaired) electrons. The predicted octanol–water partition coefficient (Wildman–Crippen LogP) is 2.38. The van der Waals surface area contributed by atoms with Crippen molar-refractivity contribution in [1.82, 2.24) is 4.72 Å².